The quantitative estimate of drug-likeness (QED) is 0.829. The Bertz CT molecular complexity index is 354. The zero-order valence-corrected chi connectivity index (χ0v) is 10.1. The van der Waals surface area contributed by atoms with Crippen molar-refractivity contribution in [1.82, 2.24) is 9.97 Å². The summed E-state index contributed by atoms with van der Waals surface area (Å²) in [6, 6.07) is 1.78. The Morgan fingerprint density at radius 1 is 1.56 bits per heavy atom. The van der Waals surface area contributed by atoms with E-state index in [0.717, 1.165) is 18.4 Å². The van der Waals surface area contributed by atoms with E-state index in [0.29, 0.717) is 11.8 Å². The van der Waals surface area contributed by atoms with Gasteiger partial charge in [-0.3, -0.25) is 0 Å². The largest absolute Gasteiger partial charge is 0.475 e. The van der Waals surface area contributed by atoms with Crippen molar-refractivity contribution in [2.75, 3.05) is 11.9 Å². The number of anilines is 1. The molecule has 0 spiro atoms. The Hall–Kier alpha value is -1.32. The minimum Gasteiger partial charge on any atom is -0.475 e. The van der Waals surface area contributed by atoms with Crippen molar-refractivity contribution in [2.45, 2.75) is 33.3 Å². The highest BCUT2D eigenvalue weighted by atomic mass is 16.5. The molecule has 4 heteroatoms. The fourth-order valence-corrected chi connectivity index (χ4v) is 1.64. The molecule has 0 radical (unpaired) electrons. The first kappa shape index (κ1) is 11.2. The van der Waals surface area contributed by atoms with Crippen LogP contribution in [-0.2, 0) is 0 Å². The zero-order chi connectivity index (χ0) is 11.5. The highest BCUT2D eigenvalue weighted by Gasteiger charge is 2.32. The van der Waals surface area contributed by atoms with E-state index in [2.05, 4.69) is 22.2 Å². The van der Waals surface area contributed by atoms with Gasteiger partial charge in [0.05, 0.1) is 6.10 Å². The van der Waals surface area contributed by atoms with Gasteiger partial charge in [0.15, 0.2) is 0 Å². The van der Waals surface area contributed by atoms with Crippen LogP contribution in [0, 0.1) is 11.8 Å². The summed E-state index contributed by atoms with van der Waals surface area (Å²) in [5, 5.41) is 3.25. The van der Waals surface area contributed by atoms with Gasteiger partial charge in [-0.1, -0.05) is 6.92 Å². The van der Waals surface area contributed by atoms with E-state index >= 15 is 0 Å². The Kier molecular flexibility index (Phi) is 3.27. The molecule has 88 valence electrons. The van der Waals surface area contributed by atoms with Crippen molar-refractivity contribution in [3.8, 4) is 5.88 Å². The van der Waals surface area contributed by atoms with Crippen LogP contribution in [0.15, 0.2) is 12.3 Å². The van der Waals surface area contributed by atoms with E-state index in [4.69, 9.17) is 4.74 Å². The Labute approximate surface area is 96.4 Å². The van der Waals surface area contributed by atoms with Crippen LogP contribution in [0.4, 0.5) is 5.95 Å². The molecule has 1 aliphatic rings. The van der Waals surface area contributed by atoms with Gasteiger partial charge in [0.2, 0.25) is 11.8 Å². The average Bonchev–Trinajstić information content (AvgIpc) is 2.91. The molecule has 1 aliphatic carbocycles. The van der Waals surface area contributed by atoms with Crippen LogP contribution in [-0.4, -0.2) is 22.6 Å². The maximum atomic E-state index is 5.51. The predicted molar refractivity (Wildman–Crippen MR) is 63.6 cm³/mol. The lowest BCUT2D eigenvalue weighted by atomic mass is 10.3. The van der Waals surface area contributed by atoms with E-state index < -0.39 is 0 Å². The molecule has 0 saturated heterocycles. The topological polar surface area (TPSA) is 47.0 Å². The molecule has 1 fully saturated rings. The highest BCUT2D eigenvalue weighted by molar-refractivity contribution is 5.27. The maximum absolute atomic E-state index is 5.51. The summed E-state index contributed by atoms with van der Waals surface area (Å²) in [5.74, 6) is 2.94. The summed E-state index contributed by atoms with van der Waals surface area (Å²) in [4.78, 5) is 8.46. The van der Waals surface area contributed by atoms with Gasteiger partial charge < -0.3 is 10.1 Å². The summed E-state index contributed by atoms with van der Waals surface area (Å²) in [5.41, 5.74) is 0. The minimum atomic E-state index is 0.145. The van der Waals surface area contributed by atoms with Crippen molar-refractivity contribution < 1.29 is 4.74 Å². The van der Waals surface area contributed by atoms with Crippen molar-refractivity contribution in [2.24, 2.45) is 11.8 Å². The van der Waals surface area contributed by atoms with Crippen molar-refractivity contribution in [1.29, 1.82) is 0 Å². The second-order valence-corrected chi connectivity index (χ2v) is 4.74. The summed E-state index contributed by atoms with van der Waals surface area (Å²) in [7, 11) is 0. The van der Waals surface area contributed by atoms with Gasteiger partial charge in [0, 0.05) is 18.8 Å². The molecule has 1 heterocycles. The summed E-state index contributed by atoms with van der Waals surface area (Å²) in [6.45, 7) is 7.21. The lowest BCUT2D eigenvalue weighted by Crippen LogP contribution is -2.10. The monoisotopic (exact) mass is 221 g/mol. The number of hydrogen-bond acceptors (Lipinski definition) is 4. The first-order valence-corrected chi connectivity index (χ1v) is 5.88. The molecule has 0 aliphatic heterocycles. The highest BCUT2D eigenvalue weighted by Crippen LogP contribution is 2.37. The maximum Gasteiger partial charge on any atom is 0.225 e. The van der Waals surface area contributed by atoms with Gasteiger partial charge in [-0.05, 0) is 32.1 Å². The fraction of sp³-hybridized carbons (Fsp3) is 0.667. The van der Waals surface area contributed by atoms with Crippen LogP contribution < -0.4 is 10.1 Å². The number of ether oxygens (including phenoxy) is 1. The van der Waals surface area contributed by atoms with Crippen LogP contribution in [0.3, 0.4) is 0 Å². The van der Waals surface area contributed by atoms with Crippen LogP contribution in [0.25, 0.3) is 0 Å². The summed E-state index contributed by atoms with van der Waals surface area (Å²) < 4.78 is 5.51. The van der Waals surface area contributed by atoms with E-state index in [-0.39, 0.29) is 6.10 Å². The van der Waals surface area contributed by atoms with E-state index in [1.165, 1.54) is 6.42 Å². The molecular weight excluding hydrogens is 202 g/mol. The summed E-state index contributed by atoms with van der Waals surface area (Å²) >= 11 is 0. The second kappa shape index (κ2) is 4.68. The molecule has 16 heavy (non-hydrogen) atoms. The van der Waals surface area contributed by atoms with Gasteiger partial charge in [0.25, 0.3) is 0 Å². The fourth-order valence-electron chi connectivity index (χ4n) is 1.64. The van der Waals surface area contributed by atoms with Gasteiger partial charge in [-0.25, -0.2) is 4.98 Å². The molecule has 2 unspecified atom stereocenters. The molecule has 0 amide bonds. The third kappa shape index (κ3) is 3.08. The van der Waals surface area contributed by atoms with Crippen molar-refractivity contribution in [3.63, 3.8) is 0 Å². The van der Waals surface area contributed by atoms with E-state index in [1.807, 2.05) is 13.8 Å². The first-order valence-electron chi connectivity index (χ1n) is 5.88. The number of rotatable bonds is 5. The van der Waals surface area contributed by atoms with Gasteiger partial charge in [-0.15, -0.1) is 0 Å². The minimum absolute atomic E-state index is 0.145. The molecule has 1 saturated carbocycles. The molecule has 1 N–H and O–H groups in total. The second-order valence-electron chi connectivity index (χ2n) is 4.74. The molecule has 0 bridgehead atoms. The smallest absolute Gasteiger partial charge is 0.225 e. The standard InChI is InChI=1S/C12H19N3O/c1-8(2)16-11-4-5-13-12(15-11)14-7-10-6-9(10)3/h4-5,8-10H,6-7H2,1-3H3,(H,13,14,15). The molecule has 1 aromatic heterocycles. The molecule has 2 rings (SSSR count). The molecule has 1 aromatic rings. The van der Waals surface area contributed by atoms with Gasteiger partial charge in [0.1, 0.15) is 0 Å². The van der Waals surface area contributed by atoms with Gasteiger partial charge >= 0.3 is 0 Å². The Morgan fingerprint density at radius 2 is 2.31 bits per heavy atom. The molecule has 2 atom stereocenters. The summed E-state index contributed by atoms with van der Waals surface area (Å²) in [6.07, 6.45) is 3.18. The third-order valence-corrected chi connectivity index (χ3v) is 2.78. The van der Waals surface area contributed by atoms with Crippen LogP contribution in [0.2, 0.25) is 0 Å². The number of nitrogens with zero attached hydrogens (tertiary/aromatic N) is 2. The normalized spacial score (nSPS) is 23.2. The Morgan fingerprint density at radius 3 is 2.94 bits per heavy atom. The molecule has 0 aromatic carbocycles. The molecule has 4 nitrogen and oxygen atoms in total. The van der Waals surface area contributed by atoms with Gasteiger partial charge in [-0.2, -0.15) is 4.98 Å². The van der Waals surface area contributed by atoms with Crippen LogP contribution >= 0.6 is 0 Å². The van der Waals surface area contributed by atoms with E-state index in [1.54, 1.807) is 12.3 Å². The lowest BCUT2D eigenvalue weighted by Gasteiger charge is -2.09. The zero-order valence-electron chi connectivity index (χ0n) is 10.1. The Balaban J connectivity index is 1.88. The van der Waals surface area contributed by atoms with Crippen LogP contribution in [0.5, 0.6) is 5.88 Å². The average molecular weight is 221 g/mol. The lowest BCUT2D eigenvalue weighted by molar-refractivity contribution is 0.232. The molecular formula is C12H19N3O. The van der Waals surface area contributed by atoms with Crippen molar-refractivity contribution in [3.05, 3.63) is 12.3 Å². The third-order valence-electron chi connectivity index (χ3n) is 2.78. The number of nitrogens with one attached hydrogen (secondary N) is 1. The van der Waals surface area contributed by atoms with Crippen molar-refractivity contribution >= 4 is 5.95 Å². The number of aromatic nitrogens is 2. The number of hydrogen-bond donors (Lipinski definition) is 1. The van der Waals surface area contributed by atoms with Crippen LogP contribution in [0.1, 0.15) is 27.2 Å². The first-order chi connectivity index (χ1) is 7.65. The predicted octanol–water partition coefficient (Wildman–Crippen LogP) is 2.33. The van der Waals surface area contributed by atoms with E-state index in [9.17, 15) is 0 Å². The SMILES string of the molecule is CC(C)Oc1ccnc(NCC2CC2C)n1.